The lowest BCUT2D eigenvalue weighted by Gasteiger charge is -2.13. The quantitative estimate of drug-likeness (QED) is 0.920. The molecule has 0 radical (unpaired) electrons. The Morgan fingerprint density at radius 1 is 1.33 bits per heavy atom. The van der Waals surface area contributed by atoms with Crippen LogP contribution in [0.2, 0.25) is 0 Å². The maximum atomic E-state index is 5.07. The molecule has 5 nitrogen and oxygen atoms in total. The molecular formula is C12H16N4OS. The van der Waals surface area contributed by atoms with Crippen LogP contribution >= 0.6 is 11.3 Å². The molecule has 0 spiro atoms. The maximum Gasteiger partial charge on any atom is 0.218 e. The van der Waals surface area contributed by atoms with Crippen molar-refractivity contribution >= 4 is 17.2 Å². The molecule has 1 atom stereocenters. The molecule has 0 aliphatic heterocycles. The Balaban J connectivity index is 2.15. The minimum absolute atomic E-state index is 0.163. The summed E-state index contributed by atoms with van der Waals surface area (Å²) in [5, 5.41) is 4.41. The van der Waals surface area contributed by atoms with Gasteiger partial charge in [0.1, 0.15) is 12.1 Å². The predicted molar refractivity (Wildman–Crippen MR) is 72.2 cm³/mol. The number of hydrogen-bond donors (Lipinski definition) is 1. The number of aryl methyl sites for hydroxylation is 2. The van der Waals surface area contributed by atoms with Crippen molar-refractivity contribution in [1.29, 1.82) is 0 Å². The van der Waals surface area contributed by atoms with E-state index in [1.165, 1.54) is 11.2 Å². The summed E-state index contributed by atoms with van der Waals surface area (Å²) in [5.74, 6) is 1.30. The zero-order chi connectivity index (χ0) is 13.1. The minimum Gasteiger partial charge on any atom is -0.481 e. The monoisotopic (exact) mass is 264 g/mol. The van der Waals surface area contributed by atoms with Crippen LogP contribution in [0.5, 0.6) is 5.88 Å². The third-order valence-electron chi connectivity index (χ3n) is 2.55. The zero-order valence-electron chi connectivity index (χ0n) is 10.9. The minimum atomic E-state index is 0.163. The van der Waals surface area contributed by atoms with E-state index in [4.69, 9.17) is 4.74 Å². The molecule has 1 N–H and O–H groups in total. The van der Waals surface area contributed by atoms with E-state index in [1.54, 1.807) is 24.5 Å². The van der Waals surface area contributed by atoms with Gasteiger partial charge in [-0.1, -0.05) is 0 Å². The summed E-state index contributed by atoms with van der Waals surface area (Å²) in [6.45, 7) is 6.13. The molecule has 2 rings (SSSR count). The fourth-order valence-corrected chi connectivity index (χ4v) is 2.70. The second-order valence-electron chi connectivity index (χ2n) is 3.99. The van der Waals surface area contributed by atoms with Crippen molar-refractivity contribution in [2.75, 3.05) is 12.4 Å². The number of rotatable bonds is 4. The molecular weight excluding hydrogens is 248 g/mol. The lowest BCUT2D eigenvalue weighted by Crippen LogP contribution is -2.08. The van der Waals surface area contributed by atoms with Crippen LogP contribution in [0.15, 0.2) is 12.4 Å². The number of anilines is 1. The molecule has 2 aromatic rings. The highest BCUT2D eigenvalue weighted by atomic mass is 32.1. The van der Waals surface area contributed by atoms with Gasteiger partial charge in [0.2, 0.25) is 5.88 Å². The van der Waals surface area contributed by atoms with E-state index in [0.717, 1.165) is 16.5 Å². The summed E-state index contributed by atoms with van der Waals surface area (Å²) in [6, 6.07) is 1.94. The van der Waals surface area contributed by atoms with E-state index in [2.05, 4.69) is 27.2 Å². The topological polar surface area (TPSA) is 59.9 Å². The van der Waals surface area contributed by atoms with E-state index in [9.17, 15) is 0 Å². The molecule has 0 saturated carbocycles. The highest BCUT2D eigenvalue weighted by molar-refractivity contribution is 7.11. The Hall–Kier alpha value is -1.69. The molecule has 2 heterocycles. The Morgan fingerprint density at radius 2 is 2.11 bits per heavy atom. The van der Waals surface area contributed by atoms with Crippen molar-refractivity contribution in [1.82, 2.24) is 15.0 Å². The normalized spacial score (nSPS) is 12.2. The maximum absolute atomic E-state index is 5.07. The van der Waals surface area contributed by atoms with Gasteiger partial charge in [0.25, 0.3) is 0 Å². The second kappa shape index (κ2) is 5.30. The summed E-state index contributed by atoms with van der Waals surface area (Å²) in [7, 11) is 1.59. The van der Waals surface area contributed by atoms with Gasteiger partial charge >= 0.3 is 0 Å². The van der Waals surface area contributed by atoms with Gasteiger partial charge in [-0.25, -0.2) is 15.0 Å². The Bertz CT molecular complexity index is 541. The summed E-state index contributed by atoms with van der Waals surface area (Å²) in [4.78, 5) is 13.8. The smallest absolute Gasteiger partial charge is 0.218 e. The van der Waals surface area contributed by atoms with E-state index >= 15 is 0 Å². The summed E-state index contributed by atoms with van der Waals surface area (Å²) < 4.78 is 5.07. The Morgan fingerprint density at radius 3 is 2.72 bits per heavy atom. The van der Waals surface area contributed by atoms with Gasteiger partial charge in [-0.2, -0.15) is 0 Å². The largest absolute Gasteiger partial charge is 0.481 e. The summed E-state index contributed by atoms with van der Waals surface area (Å²) in [6.07, 6.45) is 1.48. The van der Waals surface area contributed by atoms with Gasteiger partial charge in [-0.3, -0.25) is 0 Å². The molecule has 2 aromatic heterocycles. The molecule has 96 valence electrons. The van der Waals surface area contributed by atoms with Gasteiger partial charge in [0.15, 0.2) is 0 Å². The van der Waals surface area contributed by atoms with Crippen LogP contribution in [-0.4, -0.2) is 22.1 Å². The number of hydrogen-bond acceptors (Lipinski definition) is 6. The zero-order valence-corrected chi connectivity index (χ0v) is 11.7. The SMILES string of the molecule is COc1cc(NC(C)c2sc(C)nc2C)ncn1. The molecule has 0 aliphatic carbocycles. The summed E-state index contributed by atoms with van der Waals surface area (Å²) >= 11 is 1.70. The van der Waals surface area contributed by atoms with Crippen LogP contribution in [0.25, 0.3) is 0 Å². The first-order valence-corrected chi connectivity index (χ1v) is 6.48. The standard InChI is InChI=1S/C12H16N4OS/c1-7-12(18-9(3)15-7)8(2)16-10-5-11(17-4)14-6-13-10/h5-6,8H,1-4H3,(H,13,14,16). The summed E-state index contributed by atoms with van der Waals surface area (Å²) in [5.41, 5.74) is 1.07. The number of nitrogens with zero attached hydrogens (tertiary/aromatic N) is 3. The molecule has 0 aromatic carbocycles. The average Bonchev–Trinajstić information content (AvgIpc) is 2.69. The van der Waals surface area contributed by atoms with Crippen LogP contribution in [-0.2, 0) is 0 Å². The van der Waals surface area contributed by atoms with Gasteiger partial charge in [0, 0.05) is 10.9 Å². The average molecular weight is 264 g/mol. The Kier molecular flexibility index (Phi) is 3.76. The van der Waals surface area contributed by atoms with Gasteiger partial charge in [-0.05, 0) is 20.8 Å². The number of nitrogens with one attached hydrogen (secondary N) is 1. The van der Waals surface area contributed by atoms with Crippen LogP contribution in [0.3, 0.4) is 0 Å². The van der Waals surface area contributed by atoms with Crippen LogP contribution in [0.1, 0.15) is 28.5 Å². The third kappa shape index (κ3) is 2.76. The van der Waals surface area contributed by atoms with E-state index in [-0.39, 0.29) is 6.04 Å². The van der Waals surface area contributed by atoms with Crippen molar-refractivity contribution in [3.05, 3.63) is 28.0 Å². The van der Waals surface area contributed by atoms with Crippen molar-refractivity contribution < 1.29 is 4.74 Å². The molecule has 0 saturated heterocycles. The molecule has 0 aliphatic rings. The van der Waals surface area contributed by atoms with Gasteiger partial charge < -0.3 is 10.1 Å². The first-order valence-electron chi connectivity index (χ1n) is 5.66. The predicted octanol–water partition coefficient (Wildman–Crippen LogP) is 2.73. The first kappa shape index (κ1) is 12.8. The molecule has 18 heavy (non-hydrogen) atoms. The van der Waals surface area contributed by atoms with Crippen molar-refractivity contribution in [3.63, 3.8) is 0 Å². The van der Waals surface area contributed by atoms with Gasteiger partial charge in [-0.15, -0.1) is 11.3 Å². The molecule has 6 heteroatoms. The van der Waals surface area contributed by atoms with Crippen LogP contribution < -0.4 is 10.1 Å². The van der Waals surface area contributed by atoms with Crippen LogP contribution in [0.4, 0.5) is 5.82 Å². The molecule has 0 fully saturated rings. The lowest BCUT2D eigenvalue weighted by atomic mass is 10.2. The lowest BCUT2D eigenvalue weighted by molar-refractivity contribution is 0.397. The van der Waals surface area contributed by atoms with Gasteiger partial charge in [0.05, 0.1) is 23.9 Å². The number of aromatic nitrogens is 3. The fourth-order valence-electron chi connectivity index (χ4n) is 1.77. The van der Waals surface area contributed by atoms with Crippen molar-refractivity contribution in [2.45, 2.75) is 26.8 Å². The number of ether oxygens (including phenoxy) is 1. The van der Waals surface area contributed by atoms with E-state index in [0.29, 0.717) is 5.88 Å². The van der Waals surface area contributed by atoms with Crippen molar-refractivity contribution in [3.8, 4) is 5.88 Å². The van der Waals surface area contributed by atoms with Crippen LogP contribution in [0, 0.1) is 13.8 Å². The number of methoxy groups -OCH3 is 1. The van der Waals surface area contributed by atoms with E-state index in [1.807, 2.05) is 13.8 Å². The second-order valence-corrected chi connectivity index (χ2v) is 5.23. The Labute approximate surface area is 110 Å². The molecule has 0 bridgehead atoms. The first-order chi connectivity index (χ1) is 8.60. The third-order valence-corrected chi connectivity index (χ3v) is 3.80. The van der Waals surface area contributed by atoms with Crippen molar-refractivity contribution in [2.24, 2.45) is 0 Å². The highest BCUT2D eigenvalue weighted by Crippen LogP contribution is 2.27. The molecule has 1 unspecified atom stereocenters. The fraction of sp³-hybridized carbons (Fsp3) is 0.417. The number of thiazole rings is 1. The highest BCUT2D eigenvalue weighted by Gasteiger charge is 2.13. The van der Waals surface area contributed by atoms with E-state index < -0.39 is 0 Å². The molecule has 0 amide bonds.